The zero-order valence-electron chi connectivity index (χ0n) is 41.4. The van der Waals surface area contributed by atoms with Crippen molar-refractivity contribution in [3.63, 3.8) is 0 Å². The van der Waals surface area contributed by atoms with Gasteiger partial charge in [-0.25, -0.2) is 13.9 Å². The van der Waals surface area contributed by atoms with Crippen LogP contribution >= 0.6 is 15.6 Å². The van der Waals surface area contributed by atoms with Gasteiger partial charge in [-0.2, -0.15) is 9.29 Å². The van der Waals surface area contributed by atoms with Gasteiger partial charge in [0.25, 0.3) is 0 Å². The van der Waals surface area contributed by atoms with Gasteiger partial charge in [0.1, 0.15) is 30.7 Å². The number of anilines is 1. The third kappa shape index (κ3) is 30.5. The molecule has 1 aromatic rings. The van der Waals surface area contributed by atoms with Crippen molar-refractivity contribution in [3.8, 4) is 0 Å². The summed E-state index contributed by atoms with van der Waals surface area (Å²) in [6.45, 7) is 1.79. The first-order chi connectivity index (χ1) is 34.1. The van der Waals surface area contributed by atoms with Crippen molar-refractivity contribution >= 4 is 33.4 Å². The van der Waals surface area contributed by atoms with Crippen molar-refractivity contribution in [2.75, 3.05) is 25.6 Å². The van der Waals surface area contributed by atoms with Gasteiger partial charge in [0.2, 0.25) is 0 Å². The highest BCUT2D eigenvalue weighted by Gasteiger charge is 2.46. The first-order valence-electron chi connectivity index (χ1n) is 24.7. The van der Waals surface area contributed by atoms with Crippen LogP contribution in [0.25, 0.3) is 0 Å². The minimum atomic E-state index is -5.48. The number of esters is 2. The smallest absolute Gasteiger partial charge is 0.462 e. The van der Waals surface area contributed by atoms with Crippen LogP contribution in [0.15, 0.2) is 102 Å². The number of carbonyl (C=O) groups is 2. The zero-order chi connectivity index (χ0) is 52.2. The summed E-state index contributed by atoms with van der Waals surface area (Å²) >= 11 is 0. The lowest BCUT2D eigenvalue weighted by atomic mass is 10.1. The number of phosphoric acid groups is 2. The van der Waals surface area contributed by atoms with E-state index in [1.165, 1.54) is 25.3 Å². The number of allylic oxidation sites excluding steroid dienone is 13. The molecule has 1 aromatic heterocycles. The highest BCUT2D eigenvalue weighted by Crippen LogP contribution is 2.60. The van der Waals surface area contributed by atoms with Crippen molar-refractivity contribution in [3.05, 3.63) is 108 Å². The van der Waals surface area contributed by atoms with Crippen LogP contribution in [-0.2, 0) is 46.3 Å². The second-order valence-corrected chi connectivity index (χ2v) is 19.8. The van der Waals surface area contributed by atoms with E-state index >= 15 is 0 Å². The molecule has 0 aromatic carbocycles. The van der Waals surface area contributed by atoms with Gasteiger partial charge in [-0.1, -0.05) is 131 Å². The Hall–Kier alpha value is -4.10. The lowest BCUT2D eigenvalue weighted by Gasteiger charge is -2.21. The summed E-state index contributed by atoms with van der Waals surface area (Å²) in [5.41, 5.74) is 4.56. The Kier molecular flexibility index (Phi) is 33.4. The Morgan fingerprint density at radius 3 is 2.01 bits per heavy atom. The van der Waals surface area contributed by atoms with Gasteiger partial charge in [0.05, 0.1) is 19.3 Å². The number of rotatable bonds is 39. The minimum absolute atomic E-state index is 0.0623. The number of ether oxygens (including phenoxy) is 3. The van der Waals surface area contributed by atoms with Crippen LogP contribution in [0.4, 0.5) is 5.82 Å². The lowest BCUT2D eigenvalue weighted by molar-refractivity contribution is -0.161. The molecule has 71 heavy (non-hydrogen) atoms. The number of unbranched alkanes of at least 4 members (excludes halogenated alkanes) is 8. The first kappa shape index (κ1) is 63.0. The summed E-state index contributed by atoms with van der Waals surface area (Å²) in [4.78, 5) is 61.9. The minimum Gasteiger partial charge on any atom is -0.462 e. The van der Waals surface area contributed by atoms with Gasteiger partial charge in [-0.05, 0) is 83.1 Å². The second kappa shape index (κ2) is 37.6. The molecule has 0 aliphatic carbocycles. The van der Waals surface area contributed by atoms with Gasteiger partial charge in [0, 0.05) is 19.0 Å². The van der Waals surface area contributed by atoms with Crippen LogP contribution in [-0.4, -0.2) is 96.9 Å². The molecule has 400 valence electrons. The Bertz CT molecular complexity index is 2040. The van der Waals surface area contributed by atoms with E-state index in [1.807, 2.05) is 12.2 Å². The van der Waals surface area contributed by atoms with Gasteiger partial charge >= 0.3 is 33.3 Å². The topological polar surface area (TPSA) is 286 Å². The van der Waals surface area contributed by atoms with Crippen LogP contribution in [0.2, 0.25) is 0 Å². The molecule has 1 aliphatic rings. The monoisotopic (exact) mass is 1040 g/mol. The van der Waals surface area contributed by atoms with E-state index in [4.69, 9.17) is 29.0 Å². The first-order valence-corrected chi connectivity index (χ1v) is 27.7. The van der Waals surface area contributed by atoms with Crippen LogP contribution in [0.1, 0.15) is 142 Å². The standard InChI is InChI=1S/C50H79N3O16P2/c1-3-5-7-9-11-13-15-17-18-20-22-24-26-28-30-34-45(55)64-38-42(67-46(56)35-31-33-41(54)32-29-27-25-23-21-19-16-14-12-10-8-6-4-2)39-65-70(60,61)69-71(62,63)66-40-43-47(57)48(58)49(68-43)53-37-36-44(51)52-50(53)59/h5,7,11-14,17-19,21,25,27,29,32,36-37,41-43,47-49,54,57-58H,3-4,6,8-10,15-16,20,22-24,26,28,30-31,33-35,38-40H2,1-2H3,(H,60,61)(H,62,63)(H2,51,52,59)/b7-5-,13-11-,14-12-,18-17-,21-19-,27-25-,32-29+/t41-,42+,43+,47+,48+,49+/m0/s1. The summed E-state index contributed by atoms with van der Waals surface area (Å²) in [6, 6.07) is 1.23. The summed E-state index contributed by atoms with van der Waals surface area (Å²) < 4.78 is 56.5. The molecule has 19 nitrogen and oxygen atoms in total. The molecule has 2 rings (SSSR count). The van der Waals surface area contributed by atoms with Gasteiger partial charge in [-0.3, -0.25) is 23.2 Å². The number of nitrogens with two attached hydrogens (primary N) is 1. The van der Waals surface area contributed by atoms with Gasteiger partial charge in [-0.15, -0.1) is 0 Å². The number of hydrogen-bond acceptors (Lipinski definition) is 16. The number of nitrogens with zero attached hydrogens (tertiary/aromatic N) is 2. The molecule has 0 radical (unpaired) electrons. The molecular formula is C50H79N3O16P2. The summed E-state index contributed by atoms with van der Waals surface area (Å²) in [7, 11) is -10.9. The maximum absolute atomic E-state index is 12.9. The fourth-order valence-electron chi connectivity index (χ4n) is 6.72. The maximum Gasteiger partial charge on any atom is 0.481 e. The molecule has 0 spiro atoms. The number of aliphatic hydroxyl groups is 3. The second-order valence-electron chi connectivity index (χ2n) is 16.8. The zero-order valence-corrected chi connectivity index (χ0v) is 43.1. The highest BCUT2D eigenvalue weighted by molar-refractivity contribution is 7.61. The van der Waals surface area contributed by atoms with Crippen molar-refractivity contribution < 1.29 is 71.4 Å². The number of carbonyl (C=O) groups excluding carboxylic acids is 2. The summed E-state index contributed by atoms with van der Waals surface area (Å²) in [5.74, 6) is -1.54. The number of nitrogen functional groups attached to an aromatic ring is 1. The Balaban J connectivity index is 1.88. The quantitative estimate of drug-likeness (QED) is 0.0118. The summed E-state index contributed by atoms with van der Waals surface area (Å²) in [5, 5.41) is 31.3. The number of phosphoric ester groups is 2. The number of aromatic nitrogens is 2. The Labute approximate surface area is 419 Å². The Morgan fingerprint density at radius 1 is 0.761 bits per heavy atom. The molecule has 0 amide bonds. The maximum atomic E-state index is 12.9. The van der Waals surface area contributed by atoms with E-state index in [0.29, 0.717) is 6.42 Å². The van der Waals surface area contributed by atoms with E-state index < -0.39 is 89.8 Å². The number of hydrogen-bond donors (Lipinski definition) is 6. The normalized spacial score (nSPS) is 20.3. The lowest BCUT2D eigenvalue weighted by Crippen LogP contribution is -2.36. The third-order valence-electron chi connectivity index (χ3n) is 10.6. The molecule has 1 saturated heterocycles. The Morgan fingerprint density at radius 2 is 1.35 bits per heavy atom. The molecule has 1 fully saturated rings. The third-order valence-corrected chi connectivity index (χ3v) is 13.2. The molecular weight excluding hydrogens is 961 g/mol. The number of aliphatic hydroxyl groups excluding tert-OH is 3. The predicted octanol–water partition coefficient (Wildman–Crippen LogP) is 8.86. The molecule has 2 heterocycles. The fraction of sp³-hybridized carbons (Fsp3) is 0.600. The molecule has 0 saturated carbocycles. The largest absolute Gasteiger partial charge is 0.481 e. The van der Waals surface area contributed by atoms with E-state index in [0.717, 1.165) is 81.4 Å². The van der Waals surface area contributed by atoms with Crippen LogP contribution in [0.5, 0.6) is 0 Å². The average Bonchev–Trinajstić information content (AvgIpc) is 3.60. The van der Waals surface area contributed by atoms with Crippen LogP contribution in [0.3, 0.4) is 0 Å². The van der Waals surface area contributed by atoms with Crippen molar-refractivity contribution in [1.82, 2.24) is 9.55 Å². The molecule has 7 N–H and O–H groups in total. The van der Waals surface area contributed by atoms with Crippen molar-refractivity contribution in [1.29, 1.82) is 0 Å². The van der Waals surface area contributed by atoms with E-state index in [2.05, 4.69) is 83.9 Å². The van der Waals surface area contributed by atoms with Crippen molar-refractivity contribution in [2.24, 2.45) is 0 Å². The van der Waals surface area contributed by atoms with E-state index in [-0.39, 0.29) is 31.5 Å². The SMILES string of the molecule is CC/C=C\C/C=C\C/C=C\CCCCCCCC(=O)OC[C@H](COP(=O)(O)OP(=O)(O)OC[C@H]1O[C@@H](n2ccc(N)nc2=O)[C@H](O)[C@@H]1O)OC(=O)CCC[C@@H](O)/C=C/C=C\C/C=C\C/C=C\CCCCC. The van der Waals surface area contributed by atoms with Gasteiger partial charge < -0.3 is 45.1 Å². The van der Waals surface area contributed by atoms with E-state index in [1.54, 1.807) is 12.2 Å². The predicted molar refractivity (Wildman–Crippen MR) is 271 cm³/mol. The van der Waals surface area contributed by atoms with Gasteiger partial charge in [0.15, 0.2) is 12.3 Å². The fourth-order valence-corrected chi connectivity index (χ4v) is 8.83. The average molecular weight is 1040 g/mol. The molecule has 21 heteroatoms. The van der Waals surface area contributed by atoms with Crippen LogP contribution in [0, 0.1) is 0 Å². The molecule has 0 bridgehead atoms. The van der Waals surface area contributed by atoms with Crippen molar-refractivity contribution in [2.45, 2.75) is 173 Å². The van der Waals surface area contributed by atoms with Crippen LogP contribution < -0.4 is 11.4 Å². The van der Waals surface area contributed by atoms with E-state index in [9.17, 15) is 48.6 Å². The highest BCUT2D eigenvalue weighted by atomic mass is 31.3. The molecule has 2 unspecified atom stereocenters. The molecule has 1 aliphatic heterocycles. The molecule has 8 atom stereocenters. The summed E-state index contributed by atoms with van der Waals surface area (Å²) in [6.07, 6.45) is 35.5.